The molecule has 7 heteroatoms. The van der Waals surface area contributed by atoms with Gasteiger partial charge in [0.25, 0.3) is 5.91 Å². The van der Waals surface area contributed by atoms with Crippen molar-refractivity contribution in [1.82, 2.24) is 4.98 Å². The maximum atomic E-state index is 12.2. The number of rotatable bonds is 4. The van der Waals surface area contributed by atoms with Crippen molar-refractivity contribution in [3.05, 3.63) is 53.1 Å². The van der Waals surface area contributed by atoms with E-state index in [1.54, 1.807) is 49.4 Å². The molecule has 0 radical (unpaired) electrons. The first-order valence-electron chi connectivity index (χ1n) is 7.09. The number of thiazole rings is 1. The normalized spacial score (nSPS) is 11.7. The fourth-order valence-corrected chi connectivity index (χ4v) is 3.17. The van der Waals surface area contributed by atoms with Crippen LogP contribution in [0.15, 0.2) is 42.5 Å². The number of hydrogen-bond acceptors (Lipinski definition) is 5. The molecule has 0 fully saturated rings. The zero-order valence-electron chi connectivity index (χ0n) is 12.6. The lowest BCUT2D eigenvalue weighted by Gasteiger charge is -2.13. The van der Waals surface area contributed by atoms with Crippen LogP contribution in [0.3, 0.4) is 0 Å². The van der Waals surface area contributed by atoms with Gasteiger partial charge in [0.1, 0.15) is 5.75 Å². The van der Waals surface area contributed by atoms with Crippen LogP contribution in [0, 0.1) is 11.3 Å². The number of halogens is 1. The van der Waals surface area contributed by atoms with E-state index in [-0.39, 0.29) is 5.91 Å². The minimum atomic E-state index is -0.700. The second-order valence-electron chi connectivity index (χ2n) is 5.02. The standard InChI is InChI=1S/C17H12ClN3O2S/c1-10(23-13-5-2-11(9-19)3-6-13)16(22)21-17-20-14-7-4-12(18)8-15(14)24-17/h2-8,10H,1H3,(H,20,21,22)/t10-/m0/s1. The van der Waals surface area contributed by atoms with Gasteiger partial charge >= 0.3 is 0 Å². The van der Waals surface area contributed by atoms with E-state index in [1.165, 1.54) is 11.3 Å². The molecule has 0 aliphatic rings. The third-order valence-electron chi connectivity index (χ3n) is 3.25. The van der Waals surface area contributed by atoms with Crippen molar-refractivity contribution in [2.24, 2.45) is 0 Å². The van der Waals surface area contributed by atoms with Gasteiger partial charge in [-0.2, -0.15) is 5.26 Å². The number of amides is 1. The van der Waals surface area contributed by atoms with Crippen LogP contribution < -0.4 is 10.1 Å². The predicted octanol–water partition coefficient (Wildman–Crippen LogP) is 4.23. The SMILES string of the molecule is C[C@H](Oc1ccc(C#N)cc1)C(=O)Nc1nc2ccc(Cl)cc2s1. The van der Waals surface area contributed by atoms with Gasteiger partial charge in [0, 0.05) is 5.02 Å². The van der Waals surface area contributed by atoms with Crippen LogP contribution in [0.2, 0.25) is 5.02 Å². The summed E-state index contributed by atoms with van der Waals surface area (Å²) in [7, 11) is 0. The van der Waals surface area contributed by atoms with Crippen molar-refractivity contribution < 1.29 is 9.53 Å². The number of carbonyl (C=O) groups excluding carboxylic acids is 1. The van der Waals surface area contributed by atoms with E-state index in [2.05, 4.69) is 10.3 Å². The van der Waals surface area contributed by atoms with E-state index < -0.39 is 6.10 Å². The molecule has 3 rings (SSSR count). The number of benzene rings is 2. The van der Waals surface area contributed by atoms with Gasteiger partial charge in [-0.25, -0.2) is 4.98 Å². The largest absolute Gasteiger partial charge is 0.481 e. The summed E-state index contributed by atoms with van der Waals surface area (Å²) < 4.78 is 6.48. The first-order valence-corrected chi connectivity index (χ1v) is 8.28. The van der Waals surface area contributed by atoms with E-state index in [0.29, 0.717) is 21.5 Å². The van der Waals surface area contributed by atoms with Gasteiger partial charge in [0.05, 0.1) is 21.8 Å². The zero-order chi connectivity index (χ0) is 17.1. The van der Waals surface area contributed by atoms with Crippen molar-refractivity contribution in [3.63, 3.8) is 0 Å². The Morgan fingerprint density at radius 3 is 2.79 bits per heavy atom. The van der Waals surface area contributed by atoms with Gasteiger partial charge in [-0.05, 0) is 49.4 Å². The molecular formula is C17H12ClN3O2S. The molecule has 1 aromatic heterocycles. The quantitative estimate of drug-likeness (QED) is 0.758. The summed E-state index contributed by atoms with van der Waals surface area (Å²) in [5, 5.41) is 12.6. The van der Waals surface area contributed by atoms with E-state index in [0.717, 1.165) is 10.2 Å². The number of hydrogen-bond donors (Lipinski definition) is 1. The third kappa shape index (κ3) is 3.65. The number of aromatic nitrogens is 1. The average molecular weight is 358 g/mol. The molecule has 1 N–H and O–H groups in total. The van der Waals surface area contributed by atoms with Crippen molar-refractivity contribution in [2.45, 2.75) is 13.0 Å². The van der Waals surface area contributed by atoms with Crippen LogP contribution in [-0.4, -0.2) is 17.0 Å². The molecule has 0 bridgehead atoms. The molecule has 1 heterocycles. The Morgan fingerprint density at radius 1 is 1.33 bits per heavy atom. The summed E-state index contributed by atoms with van der Waals surface area (Å²) in [5.41, 5.74) is 1.31. The van der Waals surface area contributed by atoms with Gasteiger partial charge < -0.3 is 4.74 Å². The monoisotopic (exact) mass is 357 g/mol. The van der Waals surface area contributed by atoms with E-state index in [4.69, 9.17) is 21.6 Å². The molecule has 2 aromatic carbocycles. The summed E-state index contributed by atoms with van der Waals surface area (Å²) >= 11 is 7.30. The molecule has 120 valence electrons. The number of nitrogens with one attached hydrogen (secondary N) is 1. The third-order valence-corrected chi connectivity index (χ3v) is 4.41. The minimum absolute atomic E-state index is 0.301. The molecule has 0 spiro atoms. The first kappa shape index (κ1) is 16.2. The molecule has 0 saturated carbocycles. The van der Waals surface area contributed by atoms with Crippen LogP contribution in [0.25, 0.3) is 10.2 Å². The highest BCUT2D eigenvalue weighted by Gasteiger charge is 2.17. The summed E-state index contributed by atoms with van der Waals surface area (Å²) in [5.74, 6) is 0.220. The fraction of sp³-hybridized carbons (Fsp3) is 0.118. The van der Waals surface area contributed by atoms with Crippen molar-refractivity contribution in [1.29, 1.82) is 5.26 Å². The Balaban J connectivity index is 1.67. The number of anilines is 1. The highest BCUT2D eigenvalue weighted by molar-refractivity contribution is 7.22. The summed E-state index contributed by atoms with van der Waals surface area (Å²) in [6, 6.07) is 14.0. The highest BCUT2D eigenvalue weighted by Crippen LogP contribution is 2.28. The molecule has 1 atom stereocenters. The van der Waals surface area contributed by atoms with Crippen LogP contribution in [0.4, 0.5) is 5.13 Å². The number of ether oxygens (including phenoxy) is 1. The maximum absolute atomic E-state index is 12.2. The van der Waals surface area contributed by atoms with Crippen molar-refractivity contribution >= 4 is 44.2 Å². The molecular weight excluding hydrogens is 346 g/mol. The summed E-state index contributed by atoms with van der Waals surface area (Å²) in [6.07, 6.45) is -0.700. The van der Waals surface area contributed by atoms with Crippen LogP contribution >= 0.6 is 22.9 Å². The molecule has 24 heavy (non-hydrogen) atoms. The Labute approximate surface area is 147 Å². The highest BCUT2D eigenvalue weighted by atomic mass is 35.5. The van der Waals surface area contributed by atoms with Gasteiger partial charge in [-0.15, -0.1) is 0 Å². The maximum Gasteiger partial charge on any atom is 0.266 e. The molecule has 3 aromatic rings. The first-order chi connectivity index (χ1) is 11.5. The van der Waals surface area contributed by atoms with Crippen LogP contribution in [0.1, 0.15) is 12.5 Å². The second kappa shape index (κ2) is 6.87. The Bertz CT molecular complexity index is 931. The Morgan fingerprint density at radius 2 is 2.08 bits per heavy atom. The second-order valence-corrected chi connectivity index (χ2v) is 6.48. The minimum Gasteiger partial charge on any atom is -0.481 e. The number of nitrogens with zero attached hydrogens (tertiary/aromatic N) is 2. The van der Waals surface area contributed by atoms with E-state index in [9.17, 15) is 4.79 Å². The Kier molecular flexibility index (Phi) is 4.65. The molecule has 5 nitrogen and oxygen atoms in total. The van der Waals surface area contributed by atoms with Gasteiger partial charge in [0.2, 0.25) is 0 Å². The van der Waals surface area contributed by atoms with E-state index in [1.807, 2.05) is 6.07 Å². The molecule has 0 saturated heterocycles. The zero-order valence-corrected chi connectivity index (χ0v) is 14.2. The lowest BCUT2D eigenvalue weighted by molar-refractivity contribution is -0.122. The molecule has 1 amide bonds. The lowest BCUT2D eigenvalue weighted by Crippen LogP contribution is -2.30. The summed E-state index contributed by atoms with van der Waals surface area (Å²) in [4.78, 5) is 16.6. The smallest absolute Gasteiger partial charge is 0.266 e. The van der Waals surface area contributed by atoms with Crippen LogP contribution in [-0.2, 0) is 4.79 Å². The summed E-state index contributed by atoms with van der Waals surface area (Å²) in [6.45, 7) is 1.65. The predicted molar refractivity (Wildman–Crippen MR) is 94.5 cm³/mol. The lowest BCUT2D eigenvalue weighted by atomic mass is 10.2. The topological polar surface area (TPSA) is 75.0 Å². The molecule has 0 aliphatic carbocycles. The number of carbonyl (C=O) groups is 1. The van der Waals surface area contributed by atoms with Gasteiger partial charge in [-0.1, -0.05) is 22.9 Å². The number of fused-ring (bicyclic) bond motifs is 1. The molecule has 0 unspecified atom stereocenters. The van der Waals surface area contributed by atoms with Crippen molar-refractivity contribution in [3.8, 4) is 11.8 Å². The molecule has 0 aliphatic heterocycles. The fourth-order valence-electron chi connectivity index (χ4n) is 2.02. The van der Waals surface area contributed by atoms with Crippen molar-refractivity contribution in [2.75, 3.05) is 5.32 Å². The van der Waals surface area contributed by atoms with Gasteiger partial charge in [0.15, 0.2) is 11.2 Å². The number of nitriles is 1. The van der Waals surface area contributed by atoms with Crippen LogP contribution in [0.5, 0.6) is 5.75 Å². The van der Waals surface area contributed by atoms with Gasteiger partial charge in [-0.3, -0.25) is 10.1 Å². The Hall–Kier alpha value is -2.62. The average Bonchev–Trinajstić information content (AvgIpc) is 2.96. The van der Waals surface area contributed by atoms with E-state index >= 15 is 0 Å².